The van der Waals surface area contributed by atoms with E-state index in [9.17, 15) is 9.50 Å². The molecule has 0 amide bonds. The van der Waals surface area contributed by atoms with Crippen molar-refractivity contribution in [2.24, 2.45) is 0 Å². The molecule has 94 valence electrons. The van der Waals surface area contributed by atoms with Crippen LogP contribution in [0.2, 0.25) is 0 Å². The number of pyridine rings is 1. The summed E-state index contributed by atoms with van der Waals surface area (Å²) in [5, 5.41) is 9.34. The first kappa shape index (κ1) is 13.0. The summed E-state index contributed by atoms with van der Waals surface area (Å²) >= 11 is 3.08. The predicted octanol–water partition coefficient (Wildman–Crippen LogP) is 3.83. The molecule has 0 saturated heterocycles. The van der Waals surface area contributed by atoms with Crippen molar-refractivity contribution in [3.05, 3.63) is 52.4 Å². The number of nitrogens with zero attached hydrogens (tertiary/aromatic N) is 1. The minimum atomic E-state index is -0.563. The zero-order valence-electron chi connectivity index (χ0n) is 9.60. The van der Waals surface area contributed by atoms with Gasteiger partial charge in [0, 0.05) is 12.3 Å². The van der Waals surface area contributed by atoms with Crippen molar-refractivity contribution < 1.29 is 14.2 Å². The first-order chi connectivity index (χ1) is 8.56. The molecule has 1 unspecified atom stereocenters. The van der Waals surface area contributed by atoms with Gasteiger partial charge in [0.05, 0.1) is 10.6 Å². The third-order valence-electron chi connectivity index (χ3n) is 2.36. The first-order valence-corrected chi connectivity index (χ1v) is 6.12. The van der Waals surface area contributed by atoms with Gasteiger partial charge in [-0.25, -0.2) is 9.37 Å². The number of benzene rings is 1. The Kier molecular flexibility index (Phi) is 3.93. The molecular weight excluding hydrogens is 301 g/mol. The molecule has 2 rings (SSSR count). The molecule has 0 radical (unpaired) electrons. The van der Waals surface area contributed by atoms with Crippen LogP contribution in [0.3, 0.4) is 0 Å². The molecule has 18 heavy (non-hydrogen) atoms. The molecular formula is C13H11BrFNO2. The van der Waals surface area contributed by atoms with Gasteiger partial charge < -0.3 is 9.84 Å². The molecule has 0 bridgehead atoms. The van der Waals surface area contributed by atoms with Crippen LogP contribution in [0.25, 0.3) is 0 Å². The van der Waals surface area contributed by atoms with Gasteiger partial charge in [-0.1, -0.05) is 0 Å². The third kappa shape index (κ3) is 3.05. The minimum Gasteiger partial charge on any atom is -0.439 e. The Morgan fingerprint density at radius 2 is 2.11 bits per heavy atom. The summed E-state index contributed by atoms with van der Waals surface area (Å²) in [6.07, 6.45) is 0.977. The maximum atomic E-state index is 13.0. The first-order valence-electron chi connectivity index (χ1n) is 5.33. The molecule has 5 heteroatoms. The Balaban J connectivity index is 2.15. The Morgan fingerprint density at radius 3 is 2.67 bits per heavy atom. The lowest BCUT2D eigenvalue weighted by Gasteiger charge is -2.07. The second kappa shape index (κ2) is 5.46. The van der Waals surface area contributed by atoms with Gasteiger partial charge >= 0.3 is 0 Å². The fourth-order valence-corrected chi connectivity index (χ4v) is 1.72. The molecule has 1 N–H and O–H groups in total. The number of aromatic nitrogens is 1. The maximum absolute atomic E-state index is 13.0. The van der Waals surface area contributed by atoms with E-state index in [1.165, 1.54) is 18.2 Å². The highest BCUT2D eigenvalue weighted by Gasteiger charge is 2.05. The zero-order chi connectivity index (χ0) is 13.1. The molecule has 0 aliphatic rings. The Bertz CT molecular complexity index is 543. The Hall–Kier alpha value is -1.46. The maximum Gasteiger partial charge on any atom is 0.219 e. The SMILES string of the molecule is CC(O)c1ccc(Oc2ccc(F)c(Br)c2)nc1. The monoisotopic (exact) mass is 311 g/mol. The van der Waals surface area contributed by atoms with E-state index in [4.69, 9.17) is 4.74 Å². The van der Waals surface area contributed by atoms with E-state index in [-0.39, 0.29) is 5.82 Å². The van der Waals surface area contributed by atoms with Crippen LogP contribution in [0.1, 0.15) is 18.6 Å². The summed E-state index contributed by atoms with van der Waals surface area (Å²) in [6.45, 7) is 1.66. The lowest BCUT2D eigenvalue weighted by Crippen LogP contribution is -1.94. The van der Waals surface area contributed by atoms with Crippen LogP contribution < -0.4 is 4.74 Å². The number of hydrogen-bond donors (Lipinski definition) is 1. The Morgan fingerprint density at radius 1 is 1.33 bits per heavy atom. The van der Waals surface area contributed by atoms with Crippen molar-refractivity contribution >= 4 is 15.9 Å². The van der Waals surface area contributed by atoms with Gasteiger partial charge in [-0.05, 0) is 52.7 Å². The standard InChI is InChI=1S/C13H11BrFNO2/c1-8(17)9-2-5-13(16-7-9)18-10-3-4-12(15)11(14)6-10/h2-8,17H,1H3. The average Bonchev–Trinajstić information content (AvgIpc) is 2.34. The molecule has 0 aliphatic heterocycles. The molecule has 0 aliphatic carbocycles. The van der Waals surface area contributed by atoms with Gasteiger partial charge in [-0.3, -0.25) is 0 Å². The van der Waals surface area contributed by atoms with E-state index >= 15 is 0 Å². The third-order valence-corrected chi connectivity index (χ3v) is 2.96. The summed E-state index contributed by atoms with van der Waals surface area (Å²) in [6, 6.07) is 7.73. The minimum absolute atomic E-state index is 0.334. The number of hydrogen-bond acceptors (Lipinski definition) is 3. The second-order valence-electron chi connectivity index (χ2n) is 3.78. The van der Waals surface area contributed by atoms with Gasteiger partial charge in [0.1, 0.15) is 11.6 Å². The van der Waals surface area contributed by atoms with E-state index in [1.807, 2.05) is 0 Å². The van der Waals surface area contributed by atoms with Crippen molar-refractivity contribution in [1.82, 2.24) is 4.98 Å². The van der Waals surface area contributed by atoms with Crippen molar-refractivity contribution in [2.45, 2.75) is 13.0 Å². The second-order valence-corrected chi connectivity index (χ2v) is 4.64. The largest absolute Gasteiger partial charge is 0.439 e. The number of aliphatic hydroxyl groups excluding tert-OH is 1. The topological polar surface area (TPSA) is 42.4 Å². The molecule has 1 aromatic carbocycles. The number of aliphatic hydroxyl groups is 1. The highest BCUT2D eigenvalue weighted by Crippen LogP contribution is 2.25. The summed E-state index contributed by atoms with van der Waals surface area (Å²) in [5.74, 6) is 0.526. The van der Waals surface area contributed by atoms with E-state index in [1.54, 1.807) is 25.3 Å². The van der Waals surface area contributed by atoms with Gasteiger partial charge in [0.15, 0.2) is 0 Å². The number of ether oxygens (including phenoxy) is 1. The smallest absolute Gasteiger partial charge is 0.219 e. The van der Waals surface area contributed by atoms with Crippen molar-refractivity contribution in [3.63, 3.8) is 0 Å². The summed E-state index contributed by atoms with van der Waals surface area (Å²) in [5.41, 5.74) is 0.711. The van der Waals surface area contributed by atoms with E-state index < -0.39 is 6.10 Å². The molecule has 1 atom stereocenters. The van der Waals surface area contributed by atoms with Crippen LogP contribution in [0.15, 0.2) is 41.0 Å². The molecule has 2 aromatic rings. The average molecular weight is 312 g/mol. The van der Waals surface area contributed by atoms with E-state index in [0.717, 1.165) is 0 Å². The lowest BCUT2D eigenvalue weighted by atomic mass is 10.2. The van der Waals surface area contributed by atoms with Gasteiger partial charge in [0.25, 0.3) is 0 Å². The quantitative estimate of drug-likeness (QED) is 0.936. The van der Waals surface area contributed by atoms with Crippen LogP contribution in [0, 0.1) is 5.82 Å². The van der Waals surface area contributed by atoms with Gasteiger partial charge in [-0.2, -0.15) is 0 Å². The van der Waals surface area contributed by atoms with Crippen molar-refractivity contribution in [3.8, 4) is 11.6 Å². The van der Waals surface area contributed by atoms with Crippen LogP contribution in [0.4, 0.5) is 4.39 Å². The zero-order valence-corrected chi connectivity index (χ0v) is 11.2. The molecule has 0 fully saturated rings. The summed E-state index contributed by atoms with van der Waals surface area (Å²) in [7, 11) is 0. The number of halogens is 2. The van der Waals surface area contributed by atoms with Crippen LogP contribution in [-0.4, -0.2) is 10.1 Å². The van der Waals surface area contributed by atoms with E-state index in [0.29, 0.717) is 21.7 Å². The summed E-state index contributed by atoms with van der Waals surface area (Å²) < 4.78 is 18.8. The number of rotatable bonds is 3. The molecule has 1 aromatic heterocycles. The molecule has 3 nitrogen and oxygen atoms in total. The van der Waals surface area contributed by atoms with Crippen LogP contribution in [-0.2, 0) is 0 Å². The molecule has 0 spiro atoms. The lowest BCUT2D eigenvalue weighted by molar-refractivity contribution is 0.198. The van der Waals surface area contributed by atoms with E-state index in [2.05, 4.69) is 20.9 Å². The van der Waals surface area contributed by atoms with Crippen LogP contribution >= 0.6 is 15.9 Å². The summed E-state index contributed by atoms with van der Waals surface area (Å²) in [4.78, 5) is 4.06. The molecule has 1 heterocycles. The van der Waals surface area contributed by atoms with Crippen molar-refractivity contribution in [1.29, 1.82) is 0 Å². The van der Waals surface area contributed by atoms with Crippen LogP contribution in [0.5, 0.6) is 11.6 Å². The molecule has 0 saturated carbocycles. The Labute approximate surface area is 112 Å². The van der Waals surface area contributed by atoms with Crippen molar-refractivity contribution in [2.75, 3.05) is 0 Å². The normalized spacial score (nSPS) is 12.2. The predicted molar refractivity (Wildman–Crippen MR) is 69.0 cm³/mol. The fourth-order valence-electron chi connectivity index (χ4n) is 1.36. The fraction of sp³-hybridized carbons (Fsp3) is 0.154. The highest BCUT2D eigenvalue weighted by molar-refractivity contribution is 9.10. The van der Waals surface area contributed by atoms with Gasteiger partial charge in [-0.15, -0.1) is 0 Å². The van der Waals surface area contributed by atoms with Gasteiger partial charge in [0.2, 0.25) is 5.88 Å². The highest BCUT2D eigenvalue weighted by atomic mass is 79.9.